The Balaban J connectivity index is 1.42. The number of rotatable bonds is 5. The van der Waals surface area contributed by atoms with Crippen molar-refractivity contribution in [2.75, 3.05) is 27.3 Å². The predicted molar refractivity (Wildman–Crippen MR) is 108 cm³/mol. The Kier molecular flexibility index (Phi) is 5.33. The Morgan fingerprint density at radius 2 is 2.03 bits per heavy atom. The molecule has 8 heteroatoms. The van der Waals surface area contributed by atoms with Crippen LogP contribution in [0.4, 0.5) is 0 Å². The van der Waals surface area contributed by atoms with Gasteiger partial charge in [-0.05, 0) is 38.0 Å². The number of carbonyl (C=O) groups excluding carboxylic acids is 1. The lowest BCUT2D eigenvalue weighted by Gasteiger charge is -2.32. The van der Waals surface area contributed by atoms with Crippen molar-refractivity contribution in [1.82, 2.24) is 24.8 Å². The first kappa shape index (κ1) is 19.2. The molecule has 3 aromatic rings. The normalized spacial score (nSPS) is 14.9. The number of methoxy groups -OCH3 is 2. The molecule has 3 aromatic heterocycles. The van der Waals surface area contributed by atoms with E-state index in [4.69, 9.17) is 9.47 Å². The lowest BCUT2D eigenvalue weighted by atomic mass is 9.93. The van der Waals surface area contributed by atoms with Crippen molar-refractivity contribution in [3.8, 4) is 11.9 Å². The summed E-state index contributed by atoms with van der Waals surface area (Å²) in [6.45, 7) is 3.29. The molecule has 4 rings (SSSR count). The molecule has 29 heavy (non-hydrogen) atoms. The number of fused-ring (bicyclic) bond motifs is 1. The fourth-order valence-electron chi connectivity index (χ4n) is 3.91. The molecule has 1 aliphatic heterocycles. The number of nitrogens with zero attached hydrogens (tertiary/aromatic N) is 4. The predicted octanol–water partition coefficient (Wildman–Crippen LogP) is 2.63. The van der Waals surface area contributed by atoms with E-state index in [-0.39, 0.29) is 18.3 Å². The fraction of sp³-hybridized carbons (Fsp3) is 0.429. The van der Waals surface area contributed by atoms with Gasteiger partial charge in [0.05, 0.1) is 37.4 Å². The van der Waals surface area contributed by atoms with Gasteiger partial charge < -0.3 is 19.4 Å². The van der Waals surface area contributed by atoms with Crippen LogP contribution >= 0.6 is 0 Å². The van der Waals surface area contributed by atoms with Crippen LogP contribution in [0.3, 0.4) is 0 Å². The fourth-order valence-corrected chi connectivity index (χ4v) is 3.91. The molecule has 0 aliphatic carbocycles. The number of H-pyrrole nitrogens is 1. The van der Waals surface area contributed by atoms with E-state index in [0.29, 0.717) is 23.1 Å². The summed E-state index contributed by atoms with van der Waals surface area (Å²) in [7, 11) is 3.04. The second-order valence-corrected chi connectivity index (χ2v) is 7.28. The molecule has 1 N–H and O–H groups in total. The summed E-state index contributed by atoms with van der Waals surface area (Å²) in [5.41, 5.74) is 4.66. The summed E-state index contributed by atoms with van der Waals surface area (Å²) in [5.74, 6) is 0.869. The average Bonchev–Trinajstić information content (AvgIpc) is 3.19. The standard InChI is InChI=1S/C21H25N5O3/c1-13-15(20(28-2)25-21(23-13)29-3)11-19(27)26-9-6-14(7-10-26)17-12-18-16(24-17)5-4-8-22-18/h4-5,8,12,14,24H,6-7,9-11H2,1-3H3. The highest BCUT2D eigenvalue weighted by Crippen LogP contribution is 2.30. The van der Waals surface area contributed by atoms with Crippen molar-refractivity contribution in [3.63, 3.8) is 0 Å². The summed E-state index contributed by atoms with van der Waals surface area (Å²) in [6, 6.07) is 6.34. The van der Waals surface area contributed by atoms with Crippen LogP contribution in [0.25, 0.3) is 11.0 Å². The molecule has 1 aliphatic rings. The van der Waals surface area contributed by atoms with E-state index in [0.717, 1.165) is 37.0 Å². The zero-order valence-electron chi connectivity index (χ0n) is 16.9. The lowest BCUT2D eigenvalue weighted by molar-refractivity contribution is -0.131. The quantitative estimate of drug-likeness (QED) is 0.714. The molecule has 0 saturated carbocycles. The first-order valence-electron chi connectivity index (χ1n) is 9.76. The molecule has 0 spiro atoms. The Morgan fingerprint density at radius 3 is 2.72 bits per heavy atom. The van der Waals surface area contributed by atoms with E-state index >= 15 is 0 Å². The van der Waals surface area contributed by atoms with Crippen molar-refractivity contribution in [3.05, 3.63) is 41.3 Å². The molecule has 0 unspecified atom stereocenters. The van der Waals surface area contributed by atoms with Gasteiger partial charge in [-0.1, -0.05) is 0 Å². The van der Waals surface area contributed by atoms with Gasteiger partial charge in [0.1, 0.15) is 0 Å². The highest BCUT2D eigenvalue weighted by Gasteiger charge is 2.26. The summed E-state index contributed by atoms with van der Waals surface area (Å²) in [5, 5.41) is 0. The monoisotopic (exact) mass is 395 g/mol. The van der Waals surface area contributed by atoms with Crippen LogP contribution in [-0.2, 0) is 11.2 Å². The molecule has 0 bridgehead atoms. The van der Waals surface area contributed by atoms with E-state index in [1.165, 1.54) is 19.9 Å². The van der Waals surface area contributed by atoms with Gasteiger partial charge in [-0.15, -0.1) is 0 Å². The minimum Gasteiger partial charge on any atom is -0.481 e. The first-order chi connectivity index (χ1) is 14.1. The van der Waals surface area contributed by atoms with Crippen LogP contribution in [-0.4, -0.2) is 58.1 Å². The molecular weight excluding hydrogens is 370 g/mol. The summed E-state index contributed by atoms with van der Waals surface area (Å²) in [6.07, 6.45) is 3.88. The van der Waals surface area contributed by atoms with Crippen molar-refractivity contribution in [2.24, 2.45) is 0 Å². The highest BCUT2D eigenvalue weighted by atomic mass is 16.5. The van der Waals surface area contributed by atoms with Crippen LogP contribution in [0, 0.1) is 6.92 Å². The van der Waals surface area contributed by atoms with E-state index in [9.17, 15) is 4.79 Å². The van der Waals surface area contributed by atoms with Crippen LogP contribution in [0.15, 0.2) is 24.4 Å². The van der Waals surface area contributed by atoms with E-state index in [1.807, 2.05) is 24.0 Å². The molecule has 152 valence electrons. The number of aromatic nitrogens is 4. The number of nitrogens with one attached hydrogen (secondary N) is 1. The summed E-state index contributed by atoms with van der Waals surface area (Å²) < 4.78 is 10.4. The molecule has 4 heterocycles. The Morgan fingerprint density at radius 1 is 1.24 bits per heavy atom. The SMILES string of the molecule is COc1nc(C)c(CC(=O)N2CCC(c3cc4ncccc4[nH]3)CC2)c(OC)n1. The smallest absolute Gasteiger partial charge is 0.319 e. The molecule has 0 atom stereocenters. The number of hydrogen-bond acceptors (Lipinski definition) is 6. The number of carbonyl (C=O) groups is 1. The Labute approximate surface area is 169 Å². The van der Waals surface area contributed by atoms with Crippen LogP contribution in [0.1, 0.15) is 35.7 Å². The number of hydrogen-bond donors (Lipinski definition) is 1. The minimum absolute atomic E-state index is 0.0666. The number of piperidine rings is 1. The van der Waals surface area contributed by atoms with Gasteiger partial charge in [0, 0.05) is 36.5 Å². The van der Waals surface area contributed by atoms with Gasteiger partial charge >= 0.3 is 6.01 Å². The number of aromatic amines is 1. The Hall–Kier alpha value is -3.16. The van der Waals surface area contributed by atoms with Gasteiger partial charge in [0.25, 0.3) is 0 Å². The second-order valence-electron chi connectivity index (χ2n) is 7.28. The summed E-state index contributed by atoms with van der Waals surface area (Å²) in [4.78, 5) is 31.2. The third-order valence-electron chi connectivity index (χ3n) is 5.56. The largest absolute Gasteiger partial charge is 0.481 e. The first-order valence-corrected chi connectivity index (χ1v) is 9.76. The number of amides is 1. The van der Waals surface area contributed by atoms with Crippen molar-refractivity contribution in [2.45, 2.75) is 32.1 Å². The number of likely N-dealkylation sites (tertiary alicyclic amines) is 1. The van der Waals surface area contributed by atoms with Crippen molar-refractivity contribution >= 4 is 16.9 Å². The molecule has 1 fully saturated rings. The maximum absolute atomic E-state index is 12.9. The van der Waals surface area contributed by atoms with Gasteiger partial charge in [0.15, 0.2) is 0 Å². The van der Waals surface area contributed by atoms with Gasteiger partial charge in [-0.2, -0.15) is 4.98 Å². The van der Waals surface area contributed by atoms with Crippen LogP contribution < -0.4 is 9.47 Å². The zero-order chi connectivity index (χ0) is 20.4. The molecule has 0 aromatic carbocycles. The zero-order valence-corrected chi connectivity index (χ0v) is 16.9. The highest BCUT2D eigenvalue weighted by molar-refractivity contribution is 5.80. The van der Waals surface area contributed by atoms with Gasteiger partial charge in [-0.25, -0.2) is 4.98 Å². The van der Waals surface area contributed by atoms with E-state index in [2.05, 4.69) is 26.0 Å². The van der Waals surface area contributed by atoms with Crippen LogP contribution in [0.2, 0.25) is 0 Å². The third-order valence-corrected chi connectivity index (χ3v) is 5.56. The Bertz CT molecular complexity index is 991. The van der Waals surface area contributed by atoms with Gasteiger partial charge in [0.2, 0.25) is 11.8 Å². The third kappa shape index (κ3) is 3.87. The number of ether oxygens (including phenoxy) is 2. The molecule has 1 amide bonds. The average molecular weight is 395 g/mol. The van der Waals surface area contributed by atoms with Crippen molar-refractivity contribution in [1.29, 1.82) is 0 Å². The second kappa shape index (κ2) is 8.06. The molecule has 1 saturated heterocycles. The number of aryl methyl sites for hydroxylation is 1. The van der Waals surface area contributed by atoms with Crippen LogP contribution in [0.5, 0.6) is 11.9 Å². The maximum atomic E-state index is 12.9. The topological polar surface area (TPSA) is 93.2 Å². The van der Waals surface area contributed by atoms with E-state index in [1.54, 1.807) is 6.20 Å². The van der Waals surface area contributed by atoms with Crippen molar-refractivity contribution < 1.29 is 14.3 Å². The maximum Gasteiger partial charge on any atom is 0.319 e. The minimum atomic E-state index is 0.0666. The van der Waals surface area contributed by atoms with E-state index < -0.39 is 0 Å². The molecule has 0 radical (unpaired) electrons. The van der Waals surface area contributed by atoms with Gasteiger partial charge in [-0.3, -0.25) is 9.78 Å². The molecule has 8 nitrogen and oxygen atoms in total. The summed E-state index contributed by atoms with van der Waals surface area (Å²) >= 11 is 0. The lowest BCUT2D eigenvalue weighted by Crippen LogP contribution is -2.39. The molecular formula is C21H25N5O3. The number of pyridine rings is 1.